The zero-order valence-corrected chi connectivity index (χ0v) is 11.6. The molecule has 1 aromatic rings. The molecule has 1 aromatic carbocycles. The van der Waals surface area contributed by atoms with Crippen LogP contribution in [0.25, 0.3) is 0 Å². The first-order valence-corrected chi connectivity index (χ1v) is 6.87. The molecule has 1 aliphatic heterocycles. The van der Waals surface area contributed by atoms with E-state index in [4.69, 9.17) is 0 Å². The van der Waals surface area contributed by atoms with Crippen LogP contribution >= 0.6 is 0 Å². The van der Waals surface area contributed by atoms with Crippen molar-refractivity contribution in [3.63, 3.8) is 0 Å². The Morgan fingerprint density at radius 2 is 2.10 bits per heavy atom. The Kier molecular flexibility index (Phi) is 5.06. The number of alkyl halides is 2. The van der Waals surface area contributed by atoms with Crippen LogP contribution in [0.5, 0.6) is 0 Å². The smallest absolute Gasteiger partial charge is 0.242 e. The van der Waals surface area contributed by atoms with Crippen molar-refractivity contribution >= 4 is 5.91 Å². The number of hydrogen-bond acceptors (Lipinski definition) is 2. The van der Waals surface area contributed by atoms with E-state index < -0.39 is 12.3 Å². The van der Waals surface area contributed by atoms with Crippen LogP contribution in [0.2, 0.25) is 0 Å². The lowest BCUT2D eigenvalue weighted by atomic mass is 10.1. The van der Waals surface area contributed by atoms with Gasteiger partial charge in [0.25, 0.3) is 0 Å². The maximum Gasteiger partial charge on any atom is 0.242 e. The van der Waals surface area contributed by atoms with Gasteiger partial charge in [0.2, 0.25) is 12.3 Å². The molecule has 1 aliphatic rings. The van der Waals surface area contributed by atoms with Crippen LogP contribution in [0.1, 0.15) is 17.5 Å². The van der Waals surface area contributed by atoms with E-state index in [1.807, 2.05) is 31.2 Å². The van der Waals surface area contributed by atoms with Gasteiger partial charge in [-0.1, -0.05) is 29.8 Å². The van der Waals surface area contributed by atoms with Gasteiger partial charge in [-0.3, -0.25) is 9.69 Å². The number of hydrogen-bond donors (Lipinski definition) is 1. The second-order valence-electron chi connectivity index (χ2n) is 5.38. The van der Waals surface area contributed by atoms with Gasteiger partial charge in [-0.2, -0.15) is 0 Å². The first kappa shape index (κ1) is 14.9. The average molecular weight is 282 g/mol. The molecule has 3 nitrogen and oxygen atoms in total. The molecule has 0 aromatic heterocycles. The summed E-state index contributed by atoms with van der Waals surface area (Å²) in [5, 5.41) is 2.82. The summed E-state index contributed by atoms with van der Waals surface area (Å²) in [5.41, 5.74) is 2.21. The van der Waals surface area contributed by atoms with Crippen LogP contribution in [-0.2, 0) is 11.3 Å². The lowest BCUT2D eigenvalue weighted by Crippen LogP contribution is -2.36. The highest BCUT2D eigenvalue weighted by molar-refractivity contribution is 5.78. The Labute approximate surface area is 118 Å². The molecule has 20 heavy (non-hydrogen) atoms. The van der Waals surface area contributed by atoms with Crippen molar-refractivity contribution in [3.05, 3.63) is 35.4 Å². The highest BCUT2D eigenvalue weighted by Crippen LogP contribution is 2.22. The Hall–Kier alpha value is -1.49. The average Bonchev–Trinajstić information content (AvgIpc) is 2.87. The number of nitrogens with one attached hydrogen (secondary N) is 1. The van der Waals surface area contributed by atoms with E-state index in [-0.39, 0.29) is 12.5 Å². The number of benzene rings is 1. The summed E-state index contributed by atoms with van der Waals surface area (Å²) in [4.78, 5) is 13.6. The molecular weight excluding hydrogens is 262 g/mol. The monoisotopic (exact) mass is 282 g/mol. The van der Waals surface area contributed by atoms with E-state index in [0.717, 1.165) is 5.56 Å². The van der Waals surface area contributed by atoms with E-state index in [1.165, 1.54) is 5.56 Å². The van der Waals surface area contributed by atoms with Crippen molar-refractivity contribution in [2.75, 3.05) is 19.6 Å². The predicted octanol–water partition coefficient (Wildman–Crippen LogP) is 2.20. The molecule has 1 N–H and O–H groups in total. The van der Waals surface area contributed by atoms with Crippen molar-refractivity contribution in [2.45, 2.75) is 26.3 Å². The van der Waals surface area contributed by atoms with E-state index in [2.05, 4.69) is 5.32 Å². The maximum atomic E-state index is 12.5. The third-order valence-corrected chi connectivity index (χ3v) is 3.64. The Balaban J connectivity index is 1.72. The number of carbonyl (C=O) groups is 1. The van der Waals surface area contributed by atoms with Crippen LogP contribution in [-0.4, -0.2) is 36.9 Å². The number of likely N-dealkylation sites (tertiary alicyclic amines) is 1. The van der Waals surface area contributed by atoms with E-state index in [1.54, 1.807) is 4.90 Å². The summed E-state index contributed by atoms with van der Waals surface area (Å²) >= 11 is 0. The van der Waals surface area contributed by atoms with Gasteiger partial charge in [0.05, 0.1) is 6.54 Å². The highest BCUT2D eigenvalue weighted by atomic mass is 19.3. The molecule has 0 spiro atoms. The molecule has 5 heteroatoms. The minimum atomic E-state index is -2.28. The summed E-state index contributed by atoms with van der Waals surface area (Å²) in [6.45, 7) is 3.58. The Bertz CT molecular complexity index is 448. The molecule has 2 rings (SSSR count). The van der Waals surface area contributed by atoms with Crippen LogP contribution in [0.3, 0.4) is 0 Å². The summed E-state index contributed by atoms with van der Waals surface area (Å²) in [6, 6.07) is 7.93. The lowest BCUT2D eigenvalue weighted by molar-refractivity contribution is -0.122. The van der Waals surface area contributed by atoms with Crippen molar-refractivity contribution in [1.82, 2.24) is 10.2 Å². The molecule has 1 fully saturated rings. The normalized spacial score (nSPS) is 19.5. The number of amides is 1. The lowest BCUT2D eigenvalue weighted by Gasteiger charge is -2.15. The molecule has 1 unspecified atom stereocenters. The van der Waals surface area contributed by atoms with Crippen molar-refractivity contribution in [3.8, 4) is 0 Å². The fourth-order valence-electron chi connectivity index (χ4n) is 2.38. The minimum Gasteiger partial charge on any atom is -0.351 e. The van der Waals surface area contributed by atoms with Gasteiger partial charge in [0.15, 0.2) is 0 Å². The fourth-order valence-corrected chi connectivity index (χ4v) is 2.38. The largest absolute Gasteiger partial charge is 0.351 e. The molecule has 0 aliphatic carbocycles. The Morgan fingerprint density at radius 1 is 1.40 bits per heavy atom. The van der Waals surface area contributed by atoms with Crippen LogP contribution in [0.4, 0.5) is 8.78 Å². The number of nitrogens with zero attached hydrogens (tertiary/aromatic N) is 1. The van der Waals surface area contributed by atoms with Crippen molar-refractivity contribution < 1.29 is 13.6 Å². The van der Waals surface area contributed by atoms with E-state index in [9.17, 15) is 13.6 Å². The van der Waals surface area contributed by atoms with E-state index >= 15 is 0 Å². The fraction of sp³-hybridized carbons (Fsp3) is 0.533. The van der Waals surface area contributed by atoms with Gasteiger partial charge in [-0.05, 0) is 25.5 Å². The molecule has 1 atom stereocenters. The van der Waals surface area contributed by atoms with Gasteiger partial charge < -0.3 is 5.32 Å². The van der Waals surface area contributed by atoms with Gasteiger partial charge in [0, 0.05) is 19.0 Å². The van der Waals surface area contributed by atoms with Crippen LogP contribution < -0.4 is 5.32 Å². The molecular formula is C15H20F2N2O. The number of rotatable bonds is 5. The molecule has 1 saturated heterocycles. The minimum absolute atomic E-state index is 0.111. The topological polar surface area (TPSA) is 32.3 Å². The van der Waals surface area contributed by atoms with Gasteiger partial charge in [0.1, 0.15) is 0 Å². The summed E-state index contributed by atoms with van der Waals surface area (Å²) in [5.74, 6) is -0.694. The highest BCUT2D eigenvalue weighted by Gasteiger charge is 2.30. The maximum absolute atomic E-state index is 12.5. The molecule has 0 radical (unpaired) electrons. The third kappa shape index (κ3) is 4.27. The quantitative estimate of drug-likeness (QED) is 0.898. The zero-order valence-electron chi connectivity index (χ0n) is 11.6. The predicted molar refractivity (Wildman–Crippen MR) is 73.6 cm³/mol. The first-order chi connectivity index (χ1) is 9.54. The number of carbonyl (C=O) groups excluding carboxylic acids is 1. The standard InChI is InChI=1S/C15H20F2N2O/c1-11-2-4-12(5-3-11)8-18-14(20)10-19-7-6-13(9-19)15(16)17/h2-5,13,15H,6-10H2,1H3,(H,18,20). The molecule has 0 saturated carbocycles. The van der Waals surface area contributed by atoms with Crippen LogP contribution in [0, 0.1) is 12.8 Å². The zero-order chi connectivity index (χ0) is 14.5. The van der Waals surface area contributed by atoms with E-state index in [0.29, 0.717) is 26.1 Å². The SMILES string of the molecule is Cc1ccc(CNC(=O)CN2CCC(C(F)F)C2)cc1. The summed E-state index contributed by atoms with van der Waals surface area (Å²) < 4.78 is 25.1. The first-order valence-electron chi connectivity index (χ1n) is 6.87. The van der Waals surface area contributed by atoms with Crippen molar-refractivity contribution in [2.24, 2.45) is 5.92 Å². The summed E-state index contributed by atoms with van der Waals surface area (Å²) in [6.07, 6.45) is -1.81. The second-order valence-corrected chi connectivity index (χ2v) is 5.38. The molecule has 110 valence electrons. The summed E-state index contributed by atoms with van der Waals surface area (Å²) in [7, 11) is 0. The molecule has 0 bridgehead atoms. The number of aryl methyl sites for hydroxylation is 1. The molecule has 1 amide bonds. The third-order valence-electron chi connectivity index (χ3n) is 3.64. The Morgan fingerprint density at radius 3 is 2.70 bits per heavy atom. The van der Waals surface area contributed by atoms with Crippen molar-refractivity contribution in [1.29, 1.82) is 0 Å². The second kappa shape index (κ2) is 6.79. The molecule has 1 heterocycles. The van der Waals surface area contributed by atoms with Gasteiger partial charge >= 0.3 is 0 Å². The van der Waals surface area contributed by atoms with Crippen LogP contribution in [0.15, 0.2) is 24.3 Å². The van der Waals surface area contributed by atoms with Gasteiger partial charge in [-0.25, -0.2) is 8.78 Å². The van der Waals surface area contributed by atoms with Gasteiger partial charge in [-0.15, -0.1) is 0 Å². The number of halogens is 2.